The molecule has 0 spiro atoms. The molecule has 1 unspecified atom stereocenters. The van der Waals surface area contributed by atoms with Crippen LogP contribution in [0.4, 0.5) is 0 Å². The fraction of sp³-hybridized carbons (Fsp3) is 0.281. The number of carbonyl (C=O) groups is 2. The van der Waals surface area contributed by atoms with E-state index in [0.717, 1.165) is 16.9 Å². The first-order chi connectivity index (χ1) is 20.3. The number of aromatic nitrogens is 2. The summed E-state index contributed by atoms with van der Waals surface area (Å²) in [5.41, 5.74) is 3.82. The zero-order valence-electron chi connectivity index (χ0n) is 23.8. The van der Waals surface area contributed by atoms with E-state index in [9.17, 15) is 14.7 Å². The number of methoxy groups -OCH3 is 2. The average molecular weight is 575 g/mol. The monoisotopic (exact) mass is 574 g/mol. The van der Waals surface area contributed by atoms with Crippen LogP contribution in [0, 0.1) is 6.92 Å². The van der Waals surface area contributed by atoms with Crippen molar-refractivity contribution in [3.8, 4) is 28.5 Å². The quantitative estimate of drug-likeness (QED) is 0.155. The van der Waals surface area contributed by atoms with Crippen molar-refractivity contribution >= 4 is 11.8 Å². The highest BCUT2D eigenvalue weighted by Crippen LogP contribution is 2.32. The number of para-hydroxylation sites is 1. The average Bonchev–Trinajstić information content (AvgIpc) is 3.43. The standard InChI is InChI=1S/C32H34N2O8/c1-21-8-10-23(11-9-21)29(36)31-33-26(22-12-14-25(39-2)15-13-22)18-34(31)16-5-17-42-28-7-4-6-24(30(28)40-3)19-41-20-27(35)32(37)38/h4,6-15,18,27,35H,5,16-17,19-20H2,1-3H3,(H,37,38). The van der Waals surface area contributed by atoms with Crippen LogP contribution in [0.5, 0.6) is 17.2 Å². The van der Waals surface area contributed by atoms with Gasteiger partial charge in [-0.05, 0) is 43.7 Å². The van der Waals surface area contributed by atoms with Gasteiger partial charge in [0.2, 0.25) is 5.78 Å². The topological polar surface area (TPSA) is 129 Å². The predicted octanol–water partition coefficient (Wildman–Crippen LogP) is 4.54. The number of aliphatic hydroxyl groups excluding tert-OH is 1. The van der Waals surface area contributed by atoms with Gasteiger partial charge in [0.05, 0.1) is 39.7 Å². The van der Waals surface area contributed by atoms with Gasteiger partial charge in [0.1, 0.15) is 5.75 Å². The molecule has 0 saturated heterocycles. The minimum atomic E-state index is -1.60. The van der Waals surface area contributed by atoms with Gasteiger partial charge >= 0.3 is 5.97 Å². The Labute approximate surface area is 244 Å². The summed E-state index contributed by atoms with van der Waals surface area (Å²) in [6.45, 7) is 2.47. The highest BCUT2D eigenvalue weighted by molar-refractivity contribution is 6.07. The molecule has 2 N–H and O–H groups in total. The Morgan fingerprint density at radius 1 is 0.976 bits per heavy atom. The van der Waals surface area contributed by atoms with Crippen LogP contribution >= 0.6 is 0 Å². The van der Waals surface area contributed by atoms with Gasteiger partial charge in [0, 0.05) is 29.4 Å². The molecule has 0 aliphatic carbocycles. The molecule has 220 valence electrons. The predicted molar refractivity (Wildman–Crippen MR) is 155 cm³/mol. The maximum atomic E-state index is 13.5. The molecule has 3 aromatic carbocycles. The van der Waals surface area contributed by atoms with Crippen molar-refractivity contribution in [3.63, 3.8) is 0 Å². The van der Waals surface area contributed by atoms with Gasteiger partial charge in [-0.3, -0.25) is 4.79 Å². The van der Waals surface area contributed by atoms with Crippen molar-refractivity contribution in [2.45, 2.75) is 32.6 Å². The normalized spacial score (nSPS) is 11.6. The van der Waals surface area contributed by atoms with Crippen LogP contribution in [0.1, 0.15) is 33.7 Å². The SMILES string of the molecule is COc1ccc(-c2cn(CCCOc3cccc(COCC(O)C(=O)O)c3OC)c(C(=O)c3ccc(C)cc3)n2)cc1. The number of rotatable bonds is 15. The molecule has 0 amide bonds. The number of hydrogen-bond acceptors (Lipinski definition) is 8. The smallest absolute Gasteiger partial charge is 0.334 e. The van der Waals surface area contributed by atoms with Crippen molar-refractivity contribution in [1.82, 2.24) is 9.55 Å². The highest BCUT2D eigenvalue weighted by Gasteiger charge is 2.19. The first-order valence-electron chi connectivity index (χ1n) is 13.4. The summed E-state index contributed by atoms with van der Waals surface area (Å²) in [4.78, 5) is 29.0. The molecule has 4 rings (SSSR count). The number of hydrogen-bond donors (Lipinski definition) is 2. The van der Waals surface area contributed by atoms with Crippen LogP contribution in [-0.4, -0.2) is 65.1 Å². The fourth-order valence-corrected chi connectivity index (χ4v) is 4.29. The van der Waals surface area contributed by atoms with Crippen LogP contribution in [0.25, 0.3) is 11.3 Å². The van der Waals surface area contributed by atoms with Crippen LogP contribution in [0.2, 0.25) is 0 Å². The van der Waals surface area contributed by atoms with E-state index in [1.807, 2.05) is 54.1 Å². The Morgan fingerprint density at radius 3 is 2.38 bits per heavy atom. The van der Waals surface area contributed by atoms with E-state index in [1.54, 1.807) is 37.4 Å². The largest absolute Gasteiger partial charge is 0.497 e. The molecule has 10 heteroatoms. The number of aliphatic carboxylic acids is 1. The minimum Gasteiger partial charge on any atom is -0.497 e. The second-order valence-electron chi connectivity index (χ2n) is 9.59. The molecule has 10 nitrogen and oxygen atoms in total. The lowest BCUT2D eigenvalue weighted by atomic mass is 10.1. The van der Waals surface area contributed by atoms with Crippen molar-refractivity contribution in [2.24, 2.45) is 0 Å². The van der Waals surface area contributed by atoms with E-state index in [1.165, 1.54) is 7.11 Å². The molecule has 42 heavy (non-hydrogen) atoms. The first-order valence-corrected chi connectivity index (χ1v) is 13.4. The lowest BCUT2D eigenvalue weighted by molar-refractivity contribution is -0.150. The molecule has 1 heterocycles. The van der Waals surface area contributed by atoms with Gasteiger partial charge in [-0.2, -0.15) is 0 Å². The second kappa shape index (κ2) is 14.3. The summed E-state index contributed by atoms with van der Waals surface area (Å²) in [6, 6.07) is 20.2. The summed E-state index contributed by atoms with van der Waals surface area (Å²) in [5, 5.41) is 18.2. The number of benzene rings is 3. The second-order valence-corrected chi connectivity index (χ2v) is 9.59. The van der Waals surface area contributed by atoms with E-state index in [0.29, 0.717) is 53.7 Å². The summed E-state index contributed by atoms with van der Waals surface area (Å²) in [6.07, 6.45) is 0.834. The molecule has 0 saturated carbocycles. The van der Waals surface area contributed by atoms with Gasteiger partial charge in [0.15, 0.2) is 23.4 Å². The molecule has 0 aliphatic heterocycles. The van der Waals surface area contributed by atoms with E-state index < -0.39 is 12.1 Å². The third-order valence-electron chi connectivity index (χ3n) is 6.56. The molecule has 1 atom stereocenters. The van der Waals surface area contributed by atoms with Gasteiger partial charge in [-0.15, -0.1) is 0 Å². The lowest BCUT2D eigenvalue weighted by Gasteiger charge is -2.15. The van der Waals surface area contributed by atoms with Gasteiger partial charge in [-0.1, -0.05) is 42.0 Å². The molecule has 1 aromatic heterocycles. The van der Waals surface area contributed by atoms with Crippen LogP contribution < -0.4 is 14.2 Å². The number of carbonyl (C=O) groups excluding carboxylic acids is 1. The summed E-state index contributed by atoms with van der Waals surface area (Å²) >= 11 is 0. The van der Waals surface area contributed by atoms with Crippen LogP contribution in [0.15, 0.2) is 72.9 Å². The van der Waals surface area contributed by atoms with Gasteiger partial charge < -0.3 is 33.7 Å². The Hall–Kier alpha value is -4.67. The van der Waals surface area contributed by atoms with E-state index in [4.69, 9.17) is 29.0 Å². The molecular weight excluding hydrogens is 540 g/mol. The molecule has 0 bridgehead atoms. The van der Waals surface area contributed by atoms with Crippen molar-refractivity contribution in [1.29, 1.82) is 0 Å². The Morgan fingerprint density at radius 2 is 1.71 bits per heavy atom. The van der Waals surface area contributed by atoms with E-state index in [2.05, 4.69) is 0 Å². The number of ether oxygens (including phenoxy) is 4. The minimum absolute atomic E-state index is 0.0400. The molecule has 0 radical (unpaired) electrons. The molecule has 0 aliphatic rings. The zero-order chi connectivity index (χ0) is 30.1. The number of nitrogens with zero attached hydrogens (tertiary/aromatic N) is 2. The maximum absolute atomic E-state index is 13.5. The first kappa shape index (κ1) is 30.3. The van der Waals surface area contributed by atoms with Crippen molar-refractivity contribution < 1.29 is 38.7 Å². The highest BCUT2D eigenvalue weighted by atomic mass is 16.5. The Bertz CT molecular complexity index is 1500. The van der Waals surface area contributed by atoms with E-state index >= 15 is 0 Å². The number of carboxylic acids is 1. The summed E-state index contributed by atoms with van der Waals surface area (Å²) < 4.78 is 24.0. The Balaban J connectivity index is 1.47. The fourth-order valence-electron chi connectivity index (χ4n) is 4.29. The lowest BCUT2D eigenvalue weighted by Crippen LogP contribution is -2.25. The molecular formula is C32H34N2O8. The number of imidazole rings is 1. The van der Waals surface area contributed by atoms with Crippen molar-refractivity contribution in [3.05, 3.63) is 95.4 Å². The Kier molecular flexibility index (Phi) is 10.3. The number of aryl methyl sites for hydroxylation is 2. The maximum Gasteiger partial charge on any atom is 0.334 e. The van der Waals surface area contributed by atoms with Crippen LogP contribution in [-0.2, 0) is 22.7 Å². The number of ketones is 1. The van der Waals surface area contributed by atoms with Gasteiger partial charge in [0.25, 0.3) is 0 Å². The number of carboxylic acid groups (broad SMARTS) is 1. The van der Waals surface area contributed by atoms with Gasteiger partial charge in [-0.25, -0.2) is 9.78 Å². The number of aliphatic hydroxyl groups is 1. The third kappa shape index (κ3) is 7.54. The third-order valence-corrected chi connectivity index (χ3v) is 6.56. The molecule has 4 aromatic rings. The summed E-state index contributed by atoms with van der Waals surface area (Å²) in [7, 11) is 3.12. The molecule has 0 fully saturated rings. The van der Waals surface area contributed by atoms with Crippen LogP contribution in [0.3, 0.4) is 0 Å². The zero-order valence-corrected chi connectivity index (χ0v) is 23.8. The van der Waals surface area contributed by atoms with Crippen molar-refractivity contribution in [2.75, 3.05) is 27.4 Å². The van der Waals surface area contributed by atoms with E-state index in [-0.39, 0.29) is 19.0 Å². The summed E-state index contributed by atoms with van der Waals surface area (Å²) in [5.74, 6) is 0.509.